The van der Waals surface area contributed by atoms with E-state index in [-0.39, 0.29) is 0 Å². The average molecular weight is 315 g/mol. The second kappa shape index (κ2) is 7.65. The first-order valence-corrected chi connectivity index (χ1v) is 8.24. The maximum atomic E-state index is 6.19. The maximum Gasteiger partial charge on any atom is 0.0424 e. The average Bonchev–Trinajstić information content (AvgIpc) is 2.56. The van der Waals surface area contributed by atoms with Gasteiger partial charge in [-0.05, 0) is 69.2 Å². The molecule has 0 bridgehead atoms. The fraction of sp³-hybridized carbons (Fsp3) is 0.625. The summed E-state index contributed by atoms with van der Waals surface area (Å²) in [7, 11) is 2.21. The first-order valence-electron chi connectivity index (χ1n) is 7.48. The van der Waals surface area contributed by atoms with E-state index in [1.165, 1.54) is 24.8 Å². The number of halogens is 2. The van der Waals surface area contributed by atoms with Crippen molar-refractivity contribution >= 4 is 23.2 Å². The SMILES string of the molecule is CCNCC1CCCCN(C)C1c1cc(Cl)cc(Cl)c1. The first-order chi connectivity index (χ1) is 9.61. The first kappa shape index (κ1) is 16.1. The standard InChI is InChI=1S/C16H24Cl2N2/c1-3-19-11-12-6-4-5-7-20(2)16(12)13-8-14(17)10-15(18)9-13/h8-10,12,16,19H,3-7,11H2,1-2H3. The van der Waals surface area contributed by atoms with Crippen LogP contribution in [0.15, 0.2) is 18.2 Å². The maximum absolute atomic E-state index is 6.19. The second-order valence-corrected chi connectivity index (χ2v) is 6.56. The van der Waals surface area contributed by atoms with Gasteiger partial charge in [0.1, 0.15) is 0 Å². The molecule has 1 fully saturated rings. The molecule has 0 aliphatic carbocycles. The Balaban J connectivity index is 2.29. The molecule has 2 unspecified atom stereocenters. The van der Waals surface area contributed by atoms with Crippen molar-refractivity contribution in [2.24, 2.45) is 5.92 Å². The molecule has 2 atom stereocenters. The normalized spacial score (nSPS) is 24.6. The quantitative estimate of drug-likeness (QED) is 0.887. The Labute approximate surface area is 132 Å². The third kappa shape index (κ3) is 4.11. The fourth-order valence-electron chi connectivity index (χ4n) is 3.24. The van der Waals surface area contributed by atoms with E-state index in [4.69, 9.17) is 23.2 Å². The summed E-state index contributed by atoms with van der Waals surface area (Å²) in [5.74, 6) is 0.608. The Morgan fingerprint density at radius 3 is 2.55 bits per heavy atom. The van der Waals surface area contributed by atoms with Gasteiger partial charge in [0.05, 0.1) is 0 Å². The fourth-order valence-corrected chi connectivity index (χ4v) is 3.78. The lowest BCUT2D eigenvalue weighted by molar-refractivity contribution is 0.189. The van der Waals surface area contributed by atoms with Crippen molar-refractivity contribution in [1.29, 1.82) is 0 Å². The number of nitrogens with zero attached hydrogens (tertiary/aromatic N) is 1. The lowest BCUT2D eigenvalue weighted by Crippen LogP contribution is -2.34. The van der Waals surface area contributed by atoms with Gasteiger partial charge in [-0.2, -0.15) is 0 Å². The summed E-state index contributed by atoms with van der Waals surface area (Å²) >= 11 is 12.4. The highest BCUT2D eigenvalue weighted by molar-refractivity contribution is 6.34. The third-order valence-corrected chi connectivity index (χ3v) is 4.58. The van der Waals surface area contributed by atoms with E-state index >= 15 is 0 Å². The third-order valence-electron chi connectivity index (χ3n) is 4.14. The summed E-state index contributed by atoms with van der Waals surface area (Å²) in [5, 5.41) is 4.96. The van der Waals surface area contributed by atoms with Crippen LogP contribution in [0.5, 0.6) is 0 Å². The number of likely N-dealkylation sites (tertiary alicyclic amines) is 1. The summed E-state index contributed by atoms with van der Waals surface area (Å²) in [6.07, 6.45) is 3.82. The molecule has 1 aliphatic heterocycles. The zero-order chi connectivity index (χ0) is 14.5. The van der Waals surface area contributed by atoms with Crippen LogP contribution in [0.3, 0.4) is 0 Å². The van der Waals surface area contributed by atoms with Crippen molar-refractivity contribution in [3.8, 4) is 0 Å². The molecule has 0 radical (unpaired) electrons. The van der Waals surface area contributed by atoms with E-state index in [0.29, 0.717) is 12.0 Å². The highest BCUT2D eigenvalue weighted by Crippen LogP contribution is 2.36. The van der Waals surface area contributed by atoms with Gasteiger partial charge in [-0.15, -0.1) is 0 Å². The van der Waals surface area contributed by atoms with E-state index in [1.807, 2.05) is 6.07 Å². The van der Waals surface area contributed by atoms with Crippen molar-refractivity contribution in [1.82, 2.24) is 10.2 Å². The minimum Gasteiger partial charge on any atom is -0.317 e. The molecule has 0 saturated carbocycles. The summed E-state index contributed by atoms with van der Waals surface area (Å²) in [6.45, 7) is 5.36. The molecule has 1 aromatic rings. The van der Waals surface area contributed by atoms with Crippen LogP contribution in [0.2, 0.25) is 10.0 Å². The smallest absolute Gasteiger partial charge is 0.0424 e. The highest BCUT2D eigenvalue weighted by Gasteiger charge is 2.29. The number of benzene rings is 1. The predicted octanol–water partition coefficient (Wildman–Crippen LogP) is 4.38. The van der Waals surface area contributed by atoms with Crippen molar-refractivity contribution < 1.29 is 0 Å². The van der Waals surface area contributed by atoms with Gasteiger partial charge < -0.3 is 5.32 Å². The largest absolute Gasteiger partial charge is 0.317 e. The summed E-state index contributed by atoms with van der Waals surface area (Å²) < 4.78 is 0. The van der Waals surface area contributed by atoms with Crippen LogP contribution in [-0.2, 0) is 0 Å². The Bertz CT molecular complexity index is 416. The topological polar surface area (TPSA) is 15.3 Å². The van der Waals surface area contributed by atoms with Crippen LogP contribution >= 0.6 is 23.2 Å². The molecule has 4 heteroatoms. The zero-order valence-electron chi connectivity index (χ0n) is 12.3. The van der Waals surface area contributed by atoms with Gasteiger partial charge in [0.2, 0.25) is 0 Å². The van der Waals surface area contributed by atoms with Gasteiger partial charge in [-0.3, -0.25) is 4.90 Å². The van der Waals surface area contributed by atoms with E-state index in [0.717, 1.165) is 29.7 Å². The van der Waals surface area contributed by atoms with E-state index in [2.05, 4.69) is 36.3 Å². The Kier molecular flexibility index (Phi) is 6.16. The lowest BCUT2D eigenvalue weighted by Gasteiger charge is -2.33. The van der Waals surface area contributed by atoms with Crippen LogP contribution < -0.4 is 5.32 Å². The zero-order valence-corrected chi connectivity index (χ0v) is 13.8. The minimum absolute atomic E-state index is 0.396. The molecule has 2 rings (SSSR count). The van der Waals surface area contributed by atoms with Gasteiger partial charge >= 0.3 is 0 Å². The molecular formula is C16H24Cl2N2. The molecule has 0 spiro atoms. The molecule has 1 aromatic carbocycles. The lowest BCUT2D eigenvalue weighted by atomic mass is 9.89. The van der Waals surface area contributed by atoms with Gasteiger partial charge in [0.25, 0.3) is 0 Å². The number of hydrogen-bond acceptors (Lipinski definition) is 2. The second-order valence-electron chi connectivity index (χ2n) is 5.69. The number of rotatable bonds is 4. The van der Waals surface area contributed by atoms with Crippen molar-refractivity contribution in [3.05, 3.63) is 33.8 Å². The predicted molar refractivity (Wildman–Crippen MR) is 87.7 cm³/mol. The van der Waals surface area contributed by atoms with Crippen molar-refractivity contribution in [3.63, 3.8) is 0 Å². The van der Waals surface area contributed by atoms with Crippen molar-refractivity contribution in [2.75, 3.05) is 26.7 Å². The van der Waals surface area contributed by atoms with Gasteiger partial charge in [-0.1, -0.05) is 36.5 Å². The molecular weight excluding hydrogens is 291 g/mol. The van der Waals surface area contributed by atoms with Crippen LogP contribution in [0.25, 0.3) is 0 Å². The Morgan fingerprint density at radius 2 is 1.90 bits per heavy atom. The summed E-state index contributed by atoms with van der Waals surface area (Å²) in [4.78, 5) is 2.46. The van der Waals surface area contributed by atoms with E-state index < -0.39 is 0 Å². The molecule has 20 heavy (non-hydrogen) atoms. The van der Waals surface area contributed by atoms with E-state index in [9.17, 15) is 0 Å². The summed E-state index contributed by atoms with van der Waals surface area (Å²) in [5.41, 5.74) is 1.25. The molecule has 1 N–H and O–H groups in total. The molecule has 112 valence electrons. The van der Waals surface area contributed by atoms with Gasteiger partial charge in [-0.25, -0.2) is 0 Å². The molecule has 0 amide bonds. The monoisotopic (exact) mass is 314 g/mol. The van der Waals surface area contributed by atoms with Crippen LogP contribution in [0.1, 0.15) is 37.8 Å². The van der Waals surface area contributed by atoms with Crippen LogP contribution in [0, 0.1) is 5.92 Å². The number of nitrogens with one attached hydrogen (secondary N) is 1. The molecule has 2 nitrogen and oxygen atoms in total. The van der Waals surface area contributed by atoms with Gasteiger partial charge in [0, 0.05) is 16.1 Å². The molecule has 1 heterocycles. The Morgan fingerprint density at radius 1 is 1.20 bits per heavy atom. The summed E-state index contributed by atoms with van der Waals surface area (Å²) in [6, 6.07) is 6.34. The van der Waals surface area contributed by atoms with Crippen LogP contribution in [0.4, 0.5) is 0 Å². The van der Waals surface area contributed by atoms with Gasteiger partial charge in [0.15, 0.2) is 0 Å². The highest BCUT2D eigenvalue weighted by atomic mass is 35.5. The molecule has 1 saturated heterocycles. The van der Waals surface area contributed by atoms with Crippen LogP contribution in [-0.4, -0.2) is 31.6 Å². The minimum atomic E-state index is 0.396. The van der Waals surface area contributed by atoms with E-state index in [1.54, 1.807) is 0 Å². The Hall–Kier alpha value is -0.280. The molecule has 0 aromatic heterocycles. The molecule has 1 aliphatic rings. The number of hydrogen-bond donors (Lipinski definition) is 1. The van der Waals surface area contributed by atoms with Crippen molar-refractivity contribution in [2.45, 2.75) is 32.2 Å².